The van der Waals surface area contributed by atoms with E-state index in [0.29, 0.717) is 23.1 Å². The standard InChI is InChI=1S/C23H27N7O/c1-4-5-18-21-10-20(27-30(21)13-16(3)25-18)19-11-23(31)29-14-17(6-7-22(29)26-19)28-9-8-24-15(2)12-28/h6-7,10-11,13-15,24H,4-5,8-9,12H2,1-3H3/t15-/m0/s1. The minimum Gasteiger partial charge on any atom is -0.368 e. The summed E-state index contributed by atoms with van der Waals surface area (Å²) < 4.78 is 3.47. The maximum absolute atomic E-state index is 13.0. The molecule has 0 unspecified atom stereocenters. The third-order valence-electron chi connectivity index (χ3n) is 5.78. The molecule has 1 N–H and O–H groups in total. The van der Waals surface area contributed by atoms with Gasteiger partial charge in [0.2, 0.25) is 0 Å². The van der Waals surface area contributed by atoms with Crippen molar-refractivity contribution < 1.29 is 0 Å². The minimum absolute atomic E-state index is 0.106. The van der Waals surface area contributed by atoms with E-state index < -0.39 is 0 Å². The molecule has 0 spiro atoms. The van der Waals surface area contributed by atoms with Crippen molar-refractivity contribution in [2.75, 3.05) is 24.5 Å². The van der Waals surface area contributed by atoms with Crippen LogP contribution in [0.15, 0.2) is 41.5 Å². The van der Waals surface area contributed by atoms with Gasteiger partial charge in [-0.25, -0.2) is 9.50 Å². The Morgan fingerprint density at radius 3 is 2.84 bits per heavy atom. The third kappa shape index (κ3) is 3.67. The maximum atomic E-state index is 13.0. The lowest BCUT2D eigenvalue weighted by Gasteiger charge is -2.33. The first-order valence-electron chi connectivity index (χ1n) is 10.9. The van der Waals surface area contributed by atoms with Crippen LogP contribution in [0.2, 0.25) is 0 Å². The van der Waals surface area contributed by atoms with E-state index in [4.69, 9.17) is 4.98 Å². The Labute approximate surface area is 180 Å². The van der Waals surface area contributed by atoms with Crippen LogP contribution in [-0.2, 0) is 6.42 Å². The van der Waals surface area contributed by atoms with Gasteiger partial charge in [-0.2, -0.15) is 5.10 Å². The highest BCUT2D eigenvalue weighted by Crippen LogP contribution is 2.22. The second kappa shape index (κ2) is 7.77. The van der Waals surface area contributed by atoms with Crippen LogP contribution in [0.4, 0.5) is 5.69 Å². The summed E-state index contributed by atoms with van der Waals surface area (Å²) in [7, 11) is 0. The zero-order valence-electron chi connectivity index (χ0n) is 18.2. The first kappa shape index (κ1) is 19.7. The fourth-order valence-corrected chi connectivity index (χ4v) is 4.31. The first-order chi connectivity index (χ1) is 15.0. The molecule has 8 heteroatoms. The molecule has 0 radical (unpaired) electrons. The zero-order chi connectivity index (χ0) is 21.5. The molecule has 1 aliphatic rings. The van der Waals surface area contributed by atoms with E-state index >= 15 is 0 Å². The van der Waals surface area contributed by atoms with Gasteiger partial charge >= 0.3 is 0 Å². The molecule has 5 heterocycles. The molecule has 1 aliphatic heterocycles. The molecule has 0 aromatic carbocycles. The molecule has 31 heavy (non-hydrogen) atoms. The summed E-state index contributed by atoms with van der Waals surface area (Å²) in [6.45, 7) is 9.06. The lowest BCUT2D eigenvalue weighted by molar-refractivity contribution is 0.484. The average Bonchev–Trinajstić information content (AvgIpc) is 3.18. The smallest absolute Gasteiger partial charge is 0.258 e. The van der Waals surface area contributed by atoms with Crippen LogP contribution >= 0.6 is 0 Å². The van der Waals surface area contributed by atoms with E-state index in [2.05, 4.69) is 34.1 Å². The molecule has 0 bridgehead atoms. The van der Waals surface area contributed by atoms with Gasteiger partial charge in [0, 0.05) is 37.9 Å². The Morgan fingerprint density at radius 1 is 1.16 bits per heavy atom. The van der Waals surface area contributed by atoms with Crippen molar-refractivity contribution in [3.05, 3.63) is 58.4 Å². The van der Waals surface area contributed by atoms with Gasteiger partial charge in [-0.3, -0.25) is 14.2 Å². The van der Waals surface area contributed by atoms with Crippen molar-refractivity contribution >= 4 is 16.9 Å². The van der Waals surface area contributed by atoms with Crippen molar-refractivity contribution in [2.24, 2.45) is 0 Å². The van der Waals surface area contributed by atoms with Crippen molar-refractivity contribution in [1.29, 1.82) is 0 Å². The van der Waals surface area contributed by atoms with Gasteiger partial charge in [-0.05, 0) is 38.5 Å². The molecule has 0 amide bonds. The van der Waals surface area contributed by atoms with Gasteiger partial charge < -0.3 is 10.2 Å². The number of pyridine rings is 1. The quantitative estimate of drug-likeness (QED) is 0.550. The Balaban J connectivity index is 1.56. The molecule has 0 aliphatic carbocycles. The molecule has 8 nitrogen and oxygen atoms in total. The van der Waals surface area contributed by atoms with E-state index in [-0.39, 0.29) is 5.56 Å². The van der Waals surface area contributed by atoms with Crippen molar-refractivity contribution in [1.82, 2.24) is 29.3 Å². The highest BCUT2D eigenvalue weighted by atomic mass is 16.1. The zero-order valence-corrected chi connectivity index (χ0v) is 18.2. The summed E-state index contributed by atoms with van der Waals surface area (Å²) >= 11 is 0. The van der Waals surface area contributed by atoms with Crippen LogP contribution in [0.25, 0.3) is 22.6 Å². The molecule has 5 rings (SSSR count). The molecule has 4 aromatic heterocycles. The Morgan fingerprint density at radius 2 is 2.03 bits per heavy atom. The van der Waals surface area contributed by atoms with E-state index in [0.717, 1.165) is 55.1 Å². The van der Waals surface area contributed by atoms with E-state index in [9.17, 15) is 4.79 Å². The first-order valence-corrected chi connectivity index (χ1v) is 10.9. The Kier molecular flexibility index (Phi) is 4.94. The van der Waals surface area contributed by atoms with Crippen LogP contribution in [-0.4, -0.2) is 49.7 Å². The Bertz CT molecular complexity index is 1320. The number of fused-ring (bicyclic) bond motifs is 2. The monoisotopic (exact) mass is 417 g/mol. The average molecular weight is 418 g/mol. The summed E-state index contributed by atoms with van der Waals surface area (Å²) in [6, 6.07) is 7.93. The number of hydrogen-bond acceptors (Lipinski definition) is 6. The molecule has 4 aromatic rings. The van der Waals surface area contributed by atoms with Gasteiger partial charge in [0.25, 0.3) is 5.56 Å². The van der Waals surface area contributed by atoms with E-state index in [1.54, 1.807) is 10.5 Å². The fourth-order valence-electron chi connectivity index (χ4n) is 4.31. The largest absolute Gasteiger partial charge is 0.368 e. The molecule has 0 saturated carbocycles. The number of nitrogens with one attached hydrogen (secondary N) is 1. The SMILES string of the molecule is CCCc1nc(C)cn2nc(-c3cc(=O)n4cc(N5CCN[C@@H](C)C5)ccc4n3)cc12. The molecule has 1 saturated heterocycles. The molecule has 1 atom stereocenters. The van der Waals surface area contributed by atoms with Crippen molar-refractivity contribution in [2.45, 2.75) is 39.7 Å². The number of hydrogen-bond donors (Lipinski definition) is 1. The third-order valence-corrected chi connectivity index (χ3v) is 5.78. The van der Waals surface area contributed by atoms with Gasteiger partial charge in [0.05, 0.1) is 34.5 Å². The summed E-state index contributed by atoms with van der Waals surface area (Å²) in [5, 5.41) is 8.13. The number of aromatic nitrogens is 5. The number of piperazine rings is 1. The van der Waals surface area contributed by atoms with Crippen LogP contribution in [0, 0.1) is 6.92 Å². The van der Waals surface area contributed by atoms with Crippen LogP contribution in [0.5, 0.6) is 0 Å². The summed E-state index contributed by atoms with van der Waals surface area (Å²) in [6.07, 6.45) is 5.70. The number of anilines is 1. The van der Waals surface area contributed by atoms with Crippen LogP contribution < -0.4 is 15.8 Å². The lowest BCUT2D eigenvalue weighted by atomic mass is 10.2. The highest BCUT2D eigenvalue weighted by molar-refractivity contribution is 5.66. The summed E-state index contributed by atoms with van der Waals surface area (Å²) in [5.74, 6) is 0. The van der Waals surface area contributed by atoms with Gasteiger partial charge in [-0.15, -0.1) is 0 Å². The molecule has 1 fully saturated rings. The van der Waals surface area contributed by atoms with Crippen LogP contribution in [0.1, 0.15) is 31.7 Å². The van der Waals surface area contributed by atoms with Gasteiger partial charge in [-0.1, -0.05) is 13.3 Å². The predicted octanol–water partition coefficient (Wildman–Crippen LogP) is 2.46. The lowest BCUT2D eigenvalue weighted by Crippen LogP contribution is -2.49. The predicted molar refractivity (Wildman–Crippen MR) is 122 cm³/mol. The summed E-state index contributed by atoms with van der Waals surface area (Å²) in [4.78, 5) is 24.7. The number of rotatable bonds is 4. The molecular weight excluding hydrogens is 390 g/mol. The Hall–Kier alpha value is -3.26. The normalized spacial score (nSPS) is 17.0. The fraction of sp³-hybridized carbons (Fsp3) is 0.391. The van der Waals surface area contributed by atoms with Gasteiger partial charge in [0.1, 0.15) is 11.3 Å². The van der Waals surface area contributed by atoms with Crippen LogP contribution in [0.3, 0.4) is 0 Å². The van der Waals surface area contributed by atoms with Crippen molar-refractivity contribution in [3.63, 3.8) is 0 Å². The maximum Gasteiger partial charge on any atom is 0.258 e. The number of nitrogens with zero attached hydrogens (tertiary/aromatic N) is 6. The van der Waals surface area contributed by atoms with E-state index in [1.165, 1.54) is 0 Å². The second-order valence-electron chi connectivity index (χ2n) is 8.33. The molecular formula is C23H27N7O. The van der Waals surface area contributed by atoms with Gasteiger partial charge in [0.15, 0.2) is 0 Å². The summed E-state index contributed by atoms with van der Waals surface area (Å²) in [5.41, 5.74) is 5.73. The number of aryl methyl sites for hydroxylation is 2. The van der Waals surface area contributed by atoms with Crippen molar-refractivity contribution in [3.8, 4) is 11.4 Å². The second-order valence-corrected chi connectivity index (χ2v) is 8.33. The minimum atomic E-state index is -0.106. The topological polar surface area (TPSA) is 79.8 Å². The van der Waals surface area contributed by atoms with E-state index in [1.807, 2.05) is 42.0 Å². The molecule has 160 valence electrons. The highest BCUT2D eigenvalue weighted by Gasteiger charge is 2.17.